The number of hydrogen-bond donors (Lipinski definition) is 4. The lowest BCUT2D eigenvalue weighted by atomic mass is 10.0. The molecule has 0 bridgehead atoms. The van der Waals surface area contributed by atoms with E-state index >= 15 is 0 Å². The minimum atomic E-state index is -4.23. The minimum Gasteiger partial charge on any atom is -0.479 e. The van der Waals surface area contributed by atoms with E-state index in [0.717, 1.165) is 11.1 Å². The summed E-state index contributed by atoms with van der Waals surface area (Å²) >= 11 is 0. The quantitative estimate of drug-likeness (QED) is 0.101. The van der Waals surface area contributed by atoms with E-state index in [1.54, 1.807) is 37.5 Å². The molecule has 16 nitrogen and oxygen atoms in total. The number of imidazole rings is 1. The second kappa shape index (κ2) is 15.8. The first kappa shape index (κ1) is 37.8. The molecule has 0 radical (unpaired) electrons. The summed E-state index contributed by atoms with van der Waals surface area (Å²) in [6, 6.07) is 16.0. The summed E-state index contributed by atoms with van der Waals surface area (Å²) < 4.78 is 44.6. The Kier molecular flexibility index (Phi) is 11.7. The van der Waals surface area contributed by atoms with Crippen molar-refractivity contribution in [3.8, 4) is 5.88 Å². The number of aryl methyl sites for hydroxylation is 1. The number of aromatic nitrogens is 4. The highest BCUT2D eigenvalue weighted by atomic mass is 31.2. The summed E-state index contributed by atoms with van der Waals surface area (Å²) in [5, 5.41) is 16.9. The van der Waals surface area contributed by atoms with Crippen LogP contribution in [0.3, 0.4) is 0 Å². The van der Waals surface area contributed by atoms with Gasteiger partial charge in [0.25, 0.3) is 0 Å². The number of nitrogens with one attached hydrogen (secondary N) is 2. The van der Waals surface area contributed by atoms with Crippen LogP contribution in [-0.2, 0) is 39.5 Å². The van der Waals surface area contributed by atoms with E-state index in [2.05, 4.69) is 25.1 Å². The minimum absolute atomic E-state index is 0.00155. The van der Waals surface area contributed by atoms with Gasteiger partial charge in [-0.2, -0.15) is 9.97 Å². The number of anilines is 1. The van der Waals surface area contributed by atoms with Crippen LogP contribution in [-0.4, -0.2) is 74.1 Å². The lowest BCUT2D eigenvalue weighted by Gasteiger charge is -2.27. The number of carbonyl (C=O) groups excluding carboxylic acids is 2. The molecule has 7 atom stereocenters. The van der Waals surface area contributed by atoms with Crippen molar-refractivity contribution in [3.05, 3.63) is 77.6 Å². The Labute approximate surface area is 295 Å². The van der Waals surface area contributed by atoms with Crippen molar-refractivity contribution in [2.45, 2.75) is 83.8 Å². The van der Waals surface area contributed by atoms with Crippen molar-refractivity contribution in [3.63, 3.8) is 0 Å². The molecule has 5 N–H and O–H groups in total. The molecule has 2 aromatic carbocycles. The standard InChI is InChI=1S/C34H44N7O9P/c1-20(30(42)47-18-24-13-9-7-10-14-24)39-51(45,40-21(2)31(43)49-22(3)25-15-11-8-12-16-25)48-19-26-17-34(5,44)32(50-26)41-23(4)36-27-28(41)37-33(35)38-29(27)46-6/h7-16,20-22,26,32,44H,17-19H2,1-6H3,(H2,35,37,38)(H2,39,40,45). The van der Waals surface area contributed by atoms with E-state index in [-0.39, 0.29) is 37.1 Å². The smallest absolute Gasteiger partial charge is 0.342 e. The van der Waals surface area contributed by atoms with Crippen LogP contribution in [0.15, 0.2) is 60.7 Å². The monoisotopic (exact) mass is 725 g/mol. The van der Waals surface area contributed by atoms with E-state index < -0.39 is 55.7 Å². The fourth-order valence-corrected chi connectivity index (χ4v) is 7.54. The third kappa shape index (κ3) is 9.08. The maximum Gasteiger partial charge on any atom is 0.342 e. The van der Waals surface area contributed by atoms with E-state index in [0.29, 0.717) is 11.3 Å². The average molecular weight is 726 g/mol. The summed E-state index contributed by atoms with van der Waals surface area (Å²) in [5.74, 6) is -0.841. The zero-order valence-electron chi connectivity index (χ0n) is 29.3. The van der Waals surface area contributed by atoms with Gasteiger partial charge in [-0.15, -0.1) is 0 Å². The second-order valence-corrected chi connectivity index (χ2v) is 14.5. The average Bonchev–Trinajstić information content (AvgIpc) is 3.59. The van der Waals surface area contributed by atoms with Crippen LogP contribution in [0.1, 0.15) is 63.4 Å². The number of esters is 2. The van der Waals surface area contributed by atoms with Crippen LogP contribution in [0.5, 0.6) is 5.88 Å². The van der Waals surface area contributed by atoms with Crippen LogP contribution >= 0.6 is 7.67 Å². The first-order valence-corrected chi connectivity index (χ1v) is 18.0. The molecular weight excluding hydrogens is 681 g/mol. The van der Waals surface area contributed by atoms with Gasteiger partial charge in [-0.3, -0.25) is 18.7 Å². The number of nitrogens with two attached hydrogens (primary N) is 1. The van der Waals surface area contributed by atoms with Crippen molar-refractivity contribution in [1.29, 1.82) is 0 Å². The molecule has 1 saturated heterocycles. The molecule has 1 aliphatic rings. The number of nitrogens with zero attached hydrogens (tertiary/aromatic N) is 4. The number of carbonyl (C=O) groups is 2. The SMILES string of the molecule is COc1nc(N)nc2c1nc(C)n2C1OC(COP(=O)(NC(C)C(=O)OCc2ccccc2)NC(C)C(=O)OC(C)c2ccccc2)CC1(C)O. The Morgan fingerprint density at radius 1 is 1.04 bits per heavy atom. The Morgan fingerprint density at radius 3 is 2.31 bits per heavy atom. The number of methoxy groups -OCH3 is 1. The van der Waals surface area contributed by atoms with Gasteiger partial charge in [0.05, 0.1) is 19.8 Å². The molecule has 2 aromatic heterocycles. The van der Waals surface area contributed by atoms with E-state index in [9.17, 15) is 19.3 Å². The van der Waals surface area contributed by atoms with Gasteiger partial charge in [-0.1, -0.05) is 60.7 Å². The van der Waals surface area contributed by atoms with Gasteiger partial charge < -0.3 is 34.3 Å². The molecule has 3 heterocycles. The highest BCUT2D eigenvalue weighted by Gasteiger charge is 2.47. The van der Waals surface area contributed by atoms with Crippen LogP contribution in [0.25, 0.3) is 11.2 Å². The predicted molar refractivity (Wildman–Crippen MR) is 186 cm³/mol. The van der Waals surface area contributed by atoms with Gasteiger partial charge in [-0.25, -0.2) is 15.2 Å². The summed E-state index contributed by atoms with van der Waals surface area (Å²) in [5.41, 5.74) is 6.62. The van der Waals surface area contributed by atoms with E-state index in [1.165, 1.54) is 21.0 Å². The molecule has 7 unspecified atom stereocenters. The second-order valence-electron chi connectivity index (χ2n) is 12.6. The lowest BCUT2D eigenvalue weighted by molar-refractivity contribution is -0.150. The van der Waals surface area contributed by atoms with Gasteiger partial charge in [0.15, 0.2) is 17.4 Å². The number of nitrogen functional groups attached to an aromatic ring is 1. The third-order valence-electron chi connectivity index (χ3n) is 8.29. The van der Waals surface area contributed by atoms with Crippen LogP contribution in [0.2, 0.25) is 0 Å². The summed E-state index contributed by atoms with van der Waals surface area (Å²) in [4.78, 5) is 39.0. The van der Waals surface area contributed by atoms with Crippen molar-refractivity contribution in [1.82, 2.24) is 29.7 Å². The Morgan fingerprint density at radius 2 is 1.67 bits per heavy atom. The maximum atomic E-state index is 14.4. The van der Waals surface area contributed by atoms with E-state index in [1.807, 2.05) is 48.5 Å². The molecule has 0 aliphatic carbocycles. The maximum absolute atomic E-state index is 14.4. The zero-order valence-corrected chi connectivity index (χ0v) is 30.2. The van der Waals surface area contributed by atoms with Crippen molar-refractivity contribution in [2.24, 2.45) is 0 Å². The van der Waals surface area contributed by atoms with Gasteiger partial charge in [0.1, 0.15) is 36.2 Å². The largest absolute Gasteiger partial charge is 0.479 e. The van der Waals surface area contributed by atoms with Crippen molar-refractivity contribution in [2.75, 3.05) is 19.5 Å². The molecule has 5 rings (SSSR count). The molecule has 0 saturated carbocycles. The number of ether oxygens (including phenoxy) is 4. The highest BCUT2D eigenvalue weighted by Crippen LogP contribution is 2.44. The Bertz CT molecular complexity index is 1880. The lowest BCUT2D eigenvalue weighted by Crippen LogP contribution is -2.43. The number of aliphatic hydroxyl groups is 1. The number of hydrogen-bond acceptors (Lipinski definition) is 13. The van der Waals surface area contributed by atoms with Gasteiger partial charge in [0, 0.05) is 6.42 Å². The molecule has 0 amide bonds. The van der Waals surface area contributed by atoms with Gasteiger partial charge in [0.2, 0.25) is 11.8 Å². The first-order valence-electron chi connectivity index (χ1n) is 16.4. The number of fused-ring (bicyclic) bond motifs is 1. The molecule has 51 heavy (non-hydrogen) atoms. The highest BCUT2D eigenvalue weighted by molar-refractivity contribution is 7.54. The summed E-state index contributed by atoms with van der Waals surface area (Å²) in [6.45, 7) is 7.63. The van der Waals surface area contributed by atoms with Crippen LogP contribution < -0.4 is 20.6 Å². The molecule has 17 heteroatoms. The van der Waals surface area contributed by atoms with Crippen LogP contribution in [0.4, 0.5) is 5.95 Å². The molecule has 0 spiro atoms. The zero-order chi connectivity index (χ0) is 36.9. The summed E-state index contributed by atoms with van der Waals surface area (Å²) in [6.07, 6.45) is -2.34. The predicted octanol–water partition coefficient (Wildman–Crippen LogP) is 3.89. The third-order valence-corrected chi connectivity index (χ3v) is 10.3. The number of rotatable bonds is 15. The number of benzene rings is 2. The van der Waals surface area contributed by atoms with Crippen molar-refractivity contribution < 1.29 is 42.7 Å². The van der Waals surface area contributed by atoms with E-state index in [4.69, 9.17) is 29.2 Å². The molecule has 4 aromatic rings. The molecule has 1 fully saturated rings. The fourth-order valence-electron chi connectivity index (χ4n) is 5.71. The first-order chi connectivity index (χ1) is 24.2. The Balaban J connectivity index is 1.32. The topological polar surface area (TPSA) is 211 Å². The normalized spacial score (nSPS) is 21.8. The van der Waals surface area contributed by atoms with Gasteiger partial charge in [-0.05, 0) is 45.7 Å². The molecule has 1 aliphatic heterocycles. The molecular formula is C34H44N7O9P. The fraction of sp³-hybridized carbons (Fsp3) is 0.441. The Hall–Kier alpha value is -4.44. The molecule has 274 valence electrons. The summed E-state index contributed by atoms with van der Waals surface area (Å²) in [7, 11) is -2.80. The van der Waals surface area contributed by atoms with Crippen molar-refractivity contribution >= 4 is 36.7 Å². The van der Waals surface area contributed by atoms with Crippen LogP contribution in [0, 0.1) is 6.92 Å². The van der Waals surface area contributed by atoms with Gasteiger partial charge >= 0.3 is 19.6 Å².